The number of para-hydroxylation sites is 1. The Balaban J connectivity index is 1.66. The number of carboxylic acid groups (broad SMARTS) is 1. The van der Waals surface area contributed by atoms with Crippen LogP contribution in [0, 0.1) is 17.8 Å². The maximum Gasteiger partial charge on any atom is 0.326 e. The van der Waals surface area contributed by atoms with E-state index >= 15 is 0 Å². The van der Waals surface area contributed by atoms with Gasteiger partial charge in [-0.1, -0.05) is 66.2 Å². The smallest absolute Gasteiger partial charge is 0.326 e. The Labute approximate surface area is 527 Å². The van der Waals surface area contributed by atoms with Crippen molar-refractivity contribution in [3.63, 3.8) is 0 Å². The number of hydrogen-bond donors (Lipinski definition) is 19. The van der Waals surface area contributed by atoms with Crippen LogP contribution in [-0.2, 0) is 64.0 Å². The molecule has 0 unspecified atom stereocenters. The number of hydrogen-bond acceptors (Lipinski definition) is 19. The van der Waals surface area contributed by atoms with Crippen molar-refractivity contribution in [3.8, 4) is 0 Å². The minimum atomic E-state index is -1.75. The lowest BCUT2D eigenvalue weighted by Crippen LogP contribution is -2.63. The predicted octanol–water partition coefficient (Wildman–Crippen LogP) is -4.27. The van der Waals surface area contributed by atoms with Crippen LogP contribution in [0.2, 0.25) is 0 Å². The number of amides is 11. The molecule has 1 saturated heterocycles. The molecule has 89 heavy (non-hydrogen) atoms. The molecular weight excluding hydrogens is 1200 g/mol. The monoisotopic (exact) mass is 1290 g/mol. The number of carboxylic acids is 1. The van der Waals surface area contributed by atoms with E-state index in [2.05, 4.69) is 83.4 Å². The van der Waals surface area contributed by atoms with E-state index in [-0.39, 0.29) is 67.9 Å². The molecule has 3 rings (SSSR count). The Morgan fingerprint density at radius 2 is 1.08 bits per heavy atom. The first-order valence-electron chi connectivity index (χ1n) is 29.5. The summed E-state index contributed by atoms with van der Waals surface area (Å²) in [6.07, 6.45) is -2.25. The largest absolute Gasteiger partial charge is 0.480 e. The molecule has 11 amide bonds. The standard InChI is InChI=1S/C57H91N13O17S2/c1-10-28(6)43(58)52(81)69-46(31(9)74)54(83)63-36(19-27(4)5)48(77)67-45(30(8)73)55(84)66-40(25-89)56(85)70-17-13-16-41(70)51(80)65-39(24-88)50(79)68-44(29(7)72)53(82)62-35(18-26(2)3)47(76)60-22-42(75)61-38(23-71)49(78)64-37(57(86)87)20-32-21-59-34-15-12-11-14-33(32)34/h11-12,14-15,21,26-31,35-41,43-46,59,71-74,88-89H,10,13,16-20,22-25,58H2,1-9H3,(H,60,76)(H,61,75)(H,62,82)(H,63,83)(H,64,78)(H,65,80)(H,66,84)(H,67,77)(H,68,79)(H,69,81)(H,86,87)/t28-,29+,30+,31+,35-,36-,37-,38-,39-,40-,41-,43-,44-,45-,46-/m0/s1. The number of benzene rings is 1. The Bertz CT molecular complexity index is 2790. The quantitative estimate of drug-likeness (QED) is 0.0287. The molecule has 2 aromatic rings. The number of carbonyl (C=O) groups excluding carboxylic acids is 11. The third-order valence-electron chi connectivity index (χ3n) is 14.9. The molecule has 32 heteroatoms. The van der Waals surface area contributed by atoms with Crippen LogP contribution in [0.25, 0.3) is 10.9 Å². The zero-order chi connectivity index (χ0) is 67.1. The number of nitrogens with two attached hydrogens (primary N) is 1. The van der Waals surface area contributed by atoms with Crippen molar-refractivity contribution in [1.29, 1.82) is 0 Å². The number of aromatic amines is 1. The van der Waals surface area contributed by atoms with E-state index in [1.165, 1.54) is 20.8 Å². The molecule has 1 aromatic carbocycles. The molecule has 2 heterocycles. The van der Waals surface area contributed by atoms with Gasteiger partial charge in [-0.3, -0.25) is 52.7 Å². The lowest BCUT2D eigenvalue weighted by molar-refractivity contribution is -0.142. The van der Waals surface area contributed by atoms with Gasteiger partial charge in [0.15, 0.2) is 0 Å². The maximum absolute atomic E-state index is 14.1. The van der Waals surface area contributed by atoms with Crippen molar-refractivity contribution in [2.24, 2.45) is 23.5 Å². The van der Waals surface area contributed by atoms with Crippen molar-refractivity contribution in [2.75, 3.05) is 31.2 Å². The van der Waals surface area contributed by atoms with Gasteiger partial charge in [0.05, 0.1) is 37.5 Å². The van der Waals surface area contributed by atoms with E-state index in [4.69, 9.17) is 5.73 Å². The minimum Gasteiger partial charge on any atom is -0.480 e. The third-order valence-corrected chi connectivity index (χ3v) is 15.6. The predicted molar refractivity (Wildman–Crippen MR) is 331 cm³/mol. The van der Waals surface area contributed by atoms with Crippen LogP contribution >= 0.6 is 25.3 Å². The number of aliphatic hydroxyl groups excluding tert-OH is 4. The number of nitrogens with one attached hydrogen (secondary N) is 11. The van der Waals surface area contributed by atoms with Crippen LogP contribution in [0.3, 0.4) is 0 Å². The van der Waals surface area contributed by atoms with Crippen molar-refractivity contribution in [3.05, 3.63) is 36.0 Å². The Hall–Kier alpha value is -7.10. The highest BCUT2D eigenvalue weighted by molar-refractivity contribution is 7.80. The van der Waals surface area contributed by atoms with E-state index in [9.17, 15) is 83.1 Å². The fourth-order valence-electron chi connectivity index (χ4n) is 9.55. The van der Waals surface area contributed by atoms with E-state index in [1.807, 2.05) is 6.92 Å². The summed E-state index contributed by atoms with van der Waals surface area (Å²) in [6, 6.07) is -8.88. The minimum absolute atomic E-state index is 0.00243. The topological polar surface area (TPSA) is 471 Å². The third kappa shape index (κ3) is 23.0. The summed E-state index contributed by atoms with van der Waals surface area (Å²) in [4.78, 5) is 166. The average Bonchev–Trinajstić information content (AvgIpc) is 4.26. The maximum atomic E-state index is 14.1. The number of fused-ring (bicyclic) bond motifs is 1. The molecule has 1 aliphatic heterocycles. The van der Waals surface area contributed by atoms with Gasteiger partial charge in [-0.2, -0.15) is 25.3 Å². The van der Waals surface area contributed by atoms with E-state index in [0.29, 0.717) is 12.0 Å². The summed E-state index contributed by atoms with van der Waals surface area (Å²) in [5, 5.41) is 76.6. The number of nitrogens with zero attached hydrogens (tertiary/aromatic N) is 1. The summed E-state index contributed by atoms with van der Waals surface area (Å²) >= 11 is 8.48. The molecule has 0 bridgehead atoms. The fourth-order valence-corrected chi connectivity index (χ4v) is 10.1. The van der Waals surface area contributed by atoms with Crippen molar-refractivity contribution < 1.29 is 83.1 Å². The first-order chi connectivity index (χ1) is 41.8. The second-order valence-electron chi connectivity index (χ2n) is 23.1. The van der Waals surface area contributed by atoms with Gasteiger partial charge in [-0.25, -0.2) is 4.79 Å². The fraction of sp³-hybridized carbons (Fsp3) is 0.649. The van der Waals surface area contributed by atoms with Crippen LogP contribution in [0.5, 0.6) is 0 Å². The van der Waals surface area contributed by atoms with E-state index in [1.54, 1.807) is 65.1 Å². The summed E-state index contributed by atoms with van der Waals surface area (Å²) in [5.41, 5.74) is 7.36. The number of aliphatic hydroxyl groups is 4. The van der Waals surface area contributed by atoms with Crippen LogP contribution in [-0.4, -0.2) is 222 Å². The van der Waals surface area contributed by atoms with Crippen LogP contribution in [0.4, 0.5) is 0 Å². The molecular formula is C57H91N13O17S2. The molecule has 30 nitrogen and oxygen atoms in total. The molecule has 0 saturated carbocycles. The van der Waals surface area contributed by atoms with Crippen LogP contribution in [0.1, 0.15) is 100.0 Å². The molecule has 0 radical (unpaired) electrons. The molecule has 18 N–H and O–H groups in total. The van der Waals surface area contributed by atoms with Gasteiger partial charge in [-0.05, 0) is 75.8 Å². The number of aromatic nitrogens is 1. The number of aliphatic carboxylic acids is 1. The summed E-state index contributed by atoms with van der Waals surface area (Å²) in [7, 11) is 0. The molecule has 0 spiro atoms. The van der Waals surface area contributed by atoms with Gasteiger partial charge in [-0.15, -0.1) is 0 Å². The summed E-state index contributed by atoms with van der Waals surface area (Å²) in [5.74, 6) is -13.1. The Morgan fingerprint density at radius 3 is 1.56 bits per heavy atom. The highest BCUT2D eigenvalue weighted by atomic mass is 32.1. The number of carbonyl (C=O) groups is 12. The number of H-pyrrole nitrogens is 1. The average molecular weight is 1290 g/mol. The van der Waals surface area contributed by atoms with Crippen molar-refractivity contribution in [1.82, 2.24) is 63.1 Å². The van der Waals surface area contributed by atoms with Crippen LogP contribution in [0.15, 0.2) is 30.5 Å². The van der Waals surface area contributed by atoms with E-state index in [0.717, 1.165) is 15.8 Å². The van der Waals surface area contributed by atoms with Gasteiger partial charge in [0.1, 0.15) is 60.4 Å². The zero-order valence-corrected chi connectivity index (χ0v) is 53.3. The first kappa shape index (κ1) is 76.1. The Morgan fingerprint density at radius 1 is 0.607 bits per heavy atom. The lowest BCUT2D eigenvalue weighted by Gasteiger charge is -2.31. The molecule has 0 aliphatic carbocycles. The van der Waals surface area contributed by atoms with Crippen molar-refractivity contribution >= 4 is 107 Å². The van der Waals surface area contributed by atoms with Gasteiger partial charge < -0.3 is 94.3 Å². The van der Waals surface area contributed by atoms with Gasteiger partial charge >= 0.3 is 5.97 Å². The number of thiol groups is 2. The van der Waals surface area contributed by atoms with Gasteiger partial charge in [0.2, 0.25) is 65.0 Å². The zero-order valence-electron chi connectivity index (χ0n) is 51.5. The molecule has 1 fully saturated rings. The molecule has 15 atom stereocenters. The highest BCUT2D eigenvalue weighted by Gasteiger charge is 2.41. The highest BCUT2D eigenvalue weighted by Crippen LogP contribution is 2.21. The van der Waals surface area contributed by atoms with Gasteiger partial charge in [0.25, 0.3) is 0 Å². The van der Waals surface area contributed by atoms with Crippen molar-refractivity contribution in [2.45, 2.75) is 186 Å². The molecule has 498 valence electrons. The summed E-state index contributed by atoms with van der Waals surface area (Å²) < 4.78 is 0. The second kappa shape index (κ2) is 36.5. The Kier molecular flexibility index (Phi) is 31.3. The summed E-state index contributed by atoms with van der Waals surface area (Å²) in [6.45, 7) is 12.4. The normalized spacial score (nSPS) is 17.9. The first-order valence-corrected chi connectivity index (χ1v) is 30.8. The lowest BCUT2D eigenvalue weighted by atomic mass is 9.98. The van der Waals surface area contributed by atoms with Gasteiger partial charge in [0, 0.05) is 41.6 Å². The number of likely N-dealkylation sites (tertiary alicyclic amines) is 1. The molecule has 1 aliphatic rings. The van der Waals surface area contributed by atoms with E-state index < -0.39 is 169 Å². The van der Waals surface area contributed by atoms with Crippen LogP contribution < -0.4 is 58.9 Å². The SMILES string of the molecule is CC[C@H](C)[C@H](N)C(=O)N[C@H](C(=O)N[C@@H](CC(C)C)C(=O)N[C@H](C(=O)N[C@@H](CS)C(=O)N1CCC[C@H]1C(=O)N[C@@H](CS)C(=O)N[C@H](C(=O)N[C@@H](CC(C)C)C(=O)NCC(=O)N[C@@H](CO)C(=O)N[C@@H](Cc1c[nH]c2ccccc12)C(=O)O)[C@@H](C)O)[C@@H](C)O)[C@@H](C)O. The number of rotatable bonds is 36. The molecule has 1 aromatic heterocycles. The second-order valence-corrected chi connectivity index (χ2v) is 23.9.